The van der Waals surface area contributed by atoms with Crippen molar-refractivity contribution in [2.45, 2.75) is 25.4 Å². The number of carbonyl (C=O) groups excluding carboxylic acids is 1. The fourth-order valence-electron chi connectivity index (χ4n) is 1.16. The molecule has 0 aliphatic rings. The third-order valence-electron chi connectivity index (χ3n) is 2.45. The summed E-state index contributed by atoms with van der Waals surface area (Å²) in [6.45, 7) is 2.19. The van der Waals surface area contributed by atoms with Crippen LogP contribution in [0.3, 0.4) is 0 Å². The summed E-state index contributed by atoms with van der Waals surface area (Å²) >= 11 is 0. The van der Waals surface area contributed by atoms with Crippen molar-refractivity contribution in [3.63, 3.8) is 0 Å². The van der Waals surface area contributed by atoms with Crippen LogP contribution in [0.15, 0.2) is 24.3 Å². The van der Waals surface area contributed by atoms with Crippen LogP contribution in [0.2, 0.25) is 0 Å². The number of carbonyl (C=O) groups is 1. The fourth-order valence-corrected chi connectivity index (χ4v) is 1.16. The van der Waals surface area contributed by atoms with E-state index in [4.69, 9.17) is 0 Å². The first-order chi connectivity index (χ1) is 6.79. The summed E-state index contributed by atoms with van der Waals surface area (Å²) in [6.07, 6.45) is -3.79. The quantitative estimate of drug-likeness (QED) is 0.693. The van der Waals surface area contributed by atoms with E-state index in [2.05, 4.69) is 0 Å². The molecule has 1 aromatic rings. The van der Waals surface area contributed by atoms with Gasteiger partial charge in [-0.15, -0.1) is 0 Å². The molecule has 0 amide bonds. The highest BCUT2D eigenvalue weighted by Crippen LogP contribution is 2.40. The number of aldehydes is 1. The minimum atomic E-state index is -4.32. The molecule has 0 bridgehead atoms. The molecule has 82 valence electrons. The number of halogens is 3. The number of benzene rings is 1. The molecule has 0 saturated carbocycles. The lowest BCUT2D eigenvalue weighted by Gasteiger charge is -2.28. The van der Waals surface area contributed by atoms with Crippen molar-refractivity contribution in [2.75, 3.05) is 0 Å². The van der Waals surface area contributed by atoms with Crippen LogP contribution in [-0.4, -0.2) is 12.5 Å². The van der Waals surface area contributed by atoms with E-state index in [1.807, 2.05) is 0 Å². The fraction of sp³-hybridized carbons (Fsp3) is 0.364. The Morgan fingerprint density at radius 3 is 2.27 bits per heavy atom. The molecule has 15 heavy (non-hydrogen) atoms. The molecule has 0 aliphatic carbocycles. The molecular weight excluding hydrogens is 205 g/mol. The molecule has 1 aromatic carbocycles. The van der Waals surface area contributed by atoms with E-state index in [0.29, 0.717) is 6.29 Å². The van der Waals surface area contributed by atoms with Gasteiger partial charge in [-0.05, 0) is 25.5 Å². The van der Waals surface area contributed by atoms with E-state index < -0.39 is 11.6 Å². The summed E-state index contributed by atoms with van der Waals surface area (Å²) in [5.74, 6) is 0. The summed E-state index contributed by atoms with van der Waals surface area (Å²) in [4.78, 5) is 10.5. The van der Waals surface area contributed by atoms with E-state index >= 15 is 0 Å². The average molecular weight is 216 g/mol. The van der Waals surface area contributed by atoms with Gasteiger partial charge in [0, 0.05) is 5.56 Å². The van der Waals surface area contributed by atoms with Gasteiger partial charge in [-0.1, -0.05) is 18.2 Å². The average Bonchev–Trinajstić information content (AvgIpc) is 2.16. The third-order valence-corrected chi connectivity index (χ3v) is 2.45. The van der Waals surface area contributed by atoms with Gasteiger partial charge < -0.3 is 0 Å². The van der Waals surface area contributed by atoms with Crippen LogP contribution < -0.4 is 0 Å². The summed E-state index contributed by atoms with van der Waals surface area (Å²) in [6, 6.07) is 5.57. The first-order valence-electron chi connectivity index (χ1n) is 4.41. The molecule has 0 fully saturated rings. The van der Waals surface area contributed by atoms with Crippen LogP contribution in [-0.2, 0) is 5.41 Å². The van der Waals surface area contributed by atoms with Gasteiger partial charge in [0.1, 0.15) is 6.29 Å². The number of rotatable bonds is 2. The molecule has 1 rings (SSSR count). The predicted molar refractivity (Wildman–Crippen MR) is 50.9 cm³/mol. The van der Waals surface area contributed by atoms with Crippen molar-refractivity contribution in [1.29, 1.82) is 0 Å². The highest BCUT2D eigenvalue weighted by molar-refractivity contribution is 5.75. The van der Waals surface area contributed by atoms with E-state index in [1.54, 1.807) is 0 Å². The maximum Gasteiger partial charge on any atom is 0.397 e. The van der Waals surface area contributed by atoms with Gasteiger partial charge >= 0.3 is 6.18 Å². The second-order valence-electron chi connectivity index (χ2n) is 3.87. The summed E-state index contributed by atoms with van der Waals surface area (Å²) < 4.78 is 38.0. The Morgan fingerprint density at radius 1 is 1.20 bits per heavy atom. The standard InChI is InChI=1S/C11H11F3O/c1-10(2,11(12,13)14)9-5-3-4-8(6-9)7-15/h3-7H,1-2H3. The van der Waals surface area contributed by atoms with E-state index in [1.165, 1.54) is 24.3 Å². The molecule has 0 aliphatic heterocycles. The topological polar surface area (TPSA) is 17.1 Å². The van der Waals surface area contributed by atoms with E-state index in [-0.39, 0.29) is 11.1 Å². The SMILES string of the molecule is CC(C)(c1cccc(C=O)c1)C(F)(F)F. The summed E-state index contributed by atoms with van der Waals surface area (Å²) in [5.41, 5.74) is -1.59. The van der Waals surface area contributed by atoms with Crippen LogP contribution >= 0.6 is 0 Å². The molecule has 0 N–H and O–H groups in total. The van der Waals surface area contributed by atoms with Crippen molar-refractivity contribution in [3.05, 3.63) is 35.4 Å². The van der Waals surface area contributed by atoms with Crippen LogP contribution in [0.1, 0.15) is 29.8 Å². The molecule has 1 nitrogen and oxygen atoms in total. The smallest absolute Gasteiger partial charge is 0.298 e. The number of hydrogen-bond acceptors (Lipinski definition) is 1. The van der Waals surface area contributed by atoms with Gasteiger partial charge in [0.05, 0.1) is 5.41 Å². The summed E-state index contributed by atoms with van der Waals surface area (Å²) in [5, 5.41) is 0. The van der Waals surface area contributed by atoms with E-state index in [9.17, 15) is 18.0 Å². The molecular formula is C11H11F3O. The Hall–Kier alpha value is -1.32. The molecule has 0 aromatic heterocycles. The minimum Gasteiger partial charge on any atom is -0.298 e. The Labute approximate surface area is 85.9 Å². The number of alkyl halides is 3. The molecule has 0 heterocycles. The zero-order valence-corrected chi connectivity index (χ0v) is 8.43. The van der Waals surface area contributed by atoms with Gasteiger partial charge in [0.15, 0.2) is 0 Å². The van der Waals surface area contributed by atoms with Crippen LogP contribution in [0.25, 0.3) is 0 Å². The van der Waals surface area contributed by atoms with Crippen molar-refractivity contribution < 1.29 is 18.0 Å². The normalized spacial score (nSPS) is 12.6. The lowest BCUT2D eigenvalue weighted by molar-refractivity contribution is -0.180. The van der Waals surface area contributed by atoms with Crippen molar-refractivity contribution in [1.82, 2.24) is 0 Å². The molecule has 4 heteroatoms. The Kier molecular flexibility index (Phi) is 2.88. The van der Waals surface area contributed by atoms with Crippen molar-refractivity contribution in [2.24, 2.45) is 0 Å². The second kappa shape index (κ2) is 3.68. The zero-order valence-electron chi connectivity index (χ0n) is 8.43. The highest BCUT2D eigenvalue weighted by atomic mass is 19.4. The largest absolute Gasteiger partial charge is 0.397 e. The van der Waals surface area contributed by atoms with E-state index in [0.717, 1.165) is 13.8 Å². The molecule has 0 radical (unpaired) electrons. The lowest BCUT2D eigenvalue weighted by Crippen LogP contribution is -2.36. The van der Waals surface area contributed by atoms with Crippen molar-refractivity contribution in [3.8, 4) is 0 Å². The van der Waals surface area contributed by atoms with Gasteiger partial charge in [0.25, 0.3) is 0 Å². The van der Waals surface area contributed by atoms with Crippen LogP contribution in [0, 0.1) is 0 Å². The van der Waals surface area contributed by atoms with Gasteiger partial charge in [-0.2, -0.15) is 13.2 Å². The third kappa shape index (κ3) is 2.19. The van der Waals surface area contributed by atoms with Gasteiger partial charge in [-0.3, -0.25) is 4.79 Å². The molecule has 0 atom stereocenters. The predicted octanol–water partition coefficient (Wildman–Crippen LogP) is 3.34. The zero-order chi connectivity index (χ0) is 11.7. The van der Waals surface area contributed by atoms with Crippen LogP contribution in [0.4, 0.5) is 13.2 Å². The van der Waals surface area contributed by atoms with Gasteiger partial charge in [0.2, 0.25) is 0 Å². The Bertz CT molecular complexity index is 366. The monoisotopic (exact) mass is 216 g/mol. The number of hydrogen-bond donors (Lipinski definition) is 0. The lowest BCUT2D eigenvalue weighted by atomic mass is 9.83. The van der Waals surface area contributed by atoms with Gasteiger partial charge in [-0.25, -0.2) is 0 Å². The Balaban J connectivity index is 3.21. The maximum absolute atomic E-state index is 12.7. The highest BCUT2D eigenvalue weighted by Gasteiger charge is 2.48. The minimum absolute atomic E-state index is 0.0969. The second-order valence-corrected chi connectivity index (χ2v) is 3.87. The van der Waals surface area contributed by atoms with Crippen LogP contribution in [0.5, 0.6) is 0 Å². The first kappa shape index (κ1) is 11.8. The van der Waals surface area contributed by atoms with Crippen molar-refractivity contribution >= 4 is 6.29 Å². The summed E-state index contributed by atoms with van der Waals surface area (Å²) in [7, 11) is 0. The first-order valence-corrected chi connectivity index (χ1v) is 4.41. The maximum atomic E-state index is 12.7. The molecule has 0 saturated heterocycles. The molecule has 0 unspecified atom stereocenters. The molecule has 0 spiro atoms. The Morgan fingerprint density at radius 2 is 1.80 bits per heavy atom.